The van der Waals surface area contributed by atoms with Crippen LogP contribution in [0.4, 0.5) is 5.69 Å². The van der Waals surface area contributed by atoms with Gasteiger partial charge in [-0.05, 0) is 64.3 Å². The number of benzene rings is 2. The van der Waals surface area contributed by atoms with Crippen molar-refractivity contribution in [3.05, 3.63) is 53.1 Å². The van der Waals surface area contributed by atoms with Gasteiger partial charge >= 0.3 is 0 Å². The van der Waals surface area contributed by atoms with E-state index in [2.05, 4.69) is 16.9 Å². The summed E-state index contributed by atoms with van der Waals surface area (Å²) in [5.41, 5.74) is 11.7. The summed E-state index contributed by atoms with van der Waals surface area (Å²) in [4.78, 5) is 8.86. The van der Waals surface area contributed by atoms with Gasteiger partial charge < -0.3 is 15.2 Å². The minimum absolute atomic E-state index is 0.308. The van der Waals surface area contributed by atoms with E-state index >= 15 is 0 Å². The summed E-state index contributed by atoms with van der Waals surface area (Å²) in [5, 5.41) is 8.82. The Morgan fingerprint density at radius 2 is 1.70 bits per heavy atom. The molecule has 0 bridgehead atoms. The highest BCUT2D eigenvalue weighted by Crippen LogP contribution is 2.34. The maximum Gasteiger partial charge on any atom is 0.161 e. The van der Waals surface area contributed by atoms with Gasteiger partial charge in [0.2, 0.25) is 0 Å². The average molecular weight is 427 g/mol. The molecular weight excluding hydrogens is 395 g/mol. The molecule has 2 atom stereocenters. The van der Waals surface area contributed by atoms with Crippen molar-refractivity contribution in [2.75, 3.05) is 27.0 Å². The molecule has 0 saturated heterocycles. The molecule has 2 aromatic rings. The van der Waals surface area contributed by atoms with Gasteiger partial charge in [0.25, 0.3) is 0 Å². The predicted octanol–water partition coefficient (Wildman–Crippen LogP) is 4.78. The van der Waals surface area contributed by atoms with Gasteiger partial charge in [0.05, 0.1) is 19.9 Å². The van der Waals surface area contributed by atoms with Gasteiger partial charge in [0.1, 0.15) is 5.58 Å². The number of hydrogen-bond acceptors (Lipinski definition) is 5. The molecule has 0 aromatic heterocycles. The molecule has 30 heavy (non-hydrogen) atoms. The van der Waals surface area contributed by atoms with E-state index < -0.39 is 0 Å². The number of amidine groups is 1. The second-order valence-electron chi connectivity index (χ2n) is 7.22. The second-order valence-corrected chi connectivity index (χ2v) is 8.94. The van der Waals surface area contributed by atoms with Crippen LogP contribution in [0.1, 0.15) is 37.5 Å². The molecule has 3 N–H and O–H groups in total. The van der Waals surface area contributed by atoms with Gasteiger partial charge in [-0.2, -0.15) is 0 Å². The summed E-state index contributed by atoms with van der Waals surface area (Å²) < 4.78 is 11.0. The van der Waals surface area contributed by atoms with Gasteiger partial charge in [-0.1, -0.05) is 19.1 Å². The third kappa shape index (κ3) is 6.14. The Morgan fingerprint density at radius 1 is 1.10 bits per heavy atom. The predicted molar refractivity (Wildman–Crippen MR) is 130 cm³/mol. The second kappa shape index (κ2) is 10.9. The Kier molecular flexibility index (Phi) is 8.55. The highest BCUT2D eigenvalue weighted by atomic mass is 31.1. The van der Waals surface area contributed by atoms with E-state index in [4.69, 9.17) is 20.6 Å². The van der Waals surface area contributed by atoms with E-state index in [-0.39, 0.29) is 0 Å². The Bertz CT molecular complexity index is 948. The molecule has 0 fully saturated rings. The molecule has 160 valence electrons. The minimum Gasteiger partial charge on any atom is -0.493 e. The quantitative estimate of drug-likeness (QED) is 0.275. The number of nitrogen functional groups attached to an aromatic ring is 1. The van der Waals surface area contributed by atoms with Crippen molar-refractivity contribution in [2.45, 2.75) is 32.9 Å². The number of hydrogen-bond donors (Lipinski definition) is 2. The lowest BCUT2D eigenvalue weighted by atomic mass is 9.94. The minimum atomic E-state index is 0.308. The van der Waals surface area contributed by atoms with Crippen molar-refractivity contribution >= 4 is 31.3 Å². The summed E-state index contributed by atoms with van der Waals surface area (Å²) in [6.45, 7) is 6.12. The van der Waals surface area contributed by atoms with Crippen molar-refractivity contribution in [2.24, 2.45) is 9.98 Å². The number of nitrogens with one attached hydrogen (secondary N) is 1. The first-order chi connectivity index (χ1) is 14.3. The summed E-state index contributed by atoms with van der Waals surface area (Å²) in [5.74, 6) is 1.26. The van der Waals surface area contributed by atoms with E-state index in [0.29, 0.717) is 37.1 Å². The number of methoxy groups -OCH3 is 2. The number of ether oxygens (including phenoxy) is 2. The lowest BCUT2D eigenvalue weighted by molar-refractivity contribution is 0.354. The van der Waals surface area contributed by atoms with Crippen LogP contribution >= 0.6 is 8.58 Å². The summed E-state index contributed by atoms with van der Waals surface area (Å²) in [6.07, 6.45) is 0.767. The van der Waals surface area contributed by atoms with Crippen LogP contribution in [-0.2, 0) is 6.42 Å². The highest BCUT2D eigenvalue weighted by molar-refractivity contribution is 7.59. The number of nitrogens with zero attached hydrogens (tertiary/aromatic N) is 2. The van der Waals surface area contributed by atoms with Crippen LogP contribution in [0.5, 0.6) is 11.5 Å². The van der Waals surface area contributed by atoms with Crippen LogP contribution < -0.4 is 15.2 Å². The molecule has 0 spiro atoms. The lowest BCUT2D eigenvalue weighted by Gasteiger charge is -2.19. The Morgan fingerprint density at radius 3 is 2.23 bits per heavy atom. The first kappa shape index (κ1) is 23.6. The fraction of sp³-hybridized carbons (Fsp3) is 0.348. The number of anilines is 1. The molecule has 2 unspecified atom stereocenters. The van der Waals surface area contributed by atoms with Gasteiger partial charge in [0.15, 0.2) is 11.5 Å². The zero-order chi connectivity index (χ0) is 22.3. The molecule has 2 rings (SSSR count). The van der Waals surface area contributed by atoms with Crippen molar-refractivity contribution in [3.63, 3.8) is 0 Å². The zero-order valence-electron chi connectivity index (χ0n) is 18.5. The van der Waals surface area contributed by atoms with Crippen LogP contribution in [0.25, 0.3) is 0 Å². The maximum atomic E-state index is 8.82. The Labute approximate surface area is 180 Å². The van der Waals surface area contributed by atoms with Crippen molar-refractivity contribution < 1.29 is 9.47 Å². The topological polar surface area (TPSA) is 93.0 Å². The van der Waals surface area contributed by atoms with Crippen LogP contribution in [-0.4, -0.2) is 43.9 Å². The lowest BCUT2D eigenvalue weighted by Crippen LogP contribution is -2.11. The fourth-order valence-electron chi connectivity index (χ4n) is 3.09. The molecule has 0 aliphatic heterocycles. The molecule has 7 heteroatoms. The molecule has 0 heterocycles. The molecule has 2 aromatic carbocycles. The van der Waals surface area contributed by atoms with Crippen LogP contribution in [0.3, 0.4) is 0 Å². The third-order valence-electron chi connectivity index (χ3n) is 4.52. The molecular formula is C23H31N4O2P. The summed E-state index contributed by atoms with van der Waals surface area (Å²) in [6, 6.07) is 11.2. The molecule has 0 amide bonds. The molecule has 6 nitrogen and oxygen atoms in total. The number of nitrogens with two attached hydrogens (primary N) is 1. The molecule has 0 aliphatic rings. The van der Waals surface area contributed by atoms with Gasteiger partial charge in [0, 0.05) is 29.6 Å². The average Bonchev–Trinajstić information content (AvgIpc) is 2.72. The van der Waals surface area contributed by atoms with E-state index in [1.807, 2.05) is 50.2 Å². The van der Waals surface area contributed by atoms with Crippen LogP contribution in [0.2, 0.25) is 0 Å². The van der Waals surface area contributed by atoms with E-state index in [0.717, 1.165) is 34.4 Å². The van der Waals surface area contributed by atoms with Crippen molar-refractivity contribution in [3.8, 4) is 11.5 Å². The summed E-state index contributed by atoms with van der Waals surface area (Å²) >= 11 is 0. The first-order valence-corrected chi connectivity index (χ1v) is 10.8. The fourth-order valence-corrected chi connectivity index (χ4v) is 4.27. The smallest absolute Gasteiger partial charge is 0.161 e. The molecule has 0 saturated carbocycles. The molecule has 0 radical (unpaired) electrons. The first-order valence-electron chi connectivity index (χ1n) is 9.74. The van der Waals surface area contributed by atoms with E-state index in [1.165, 1.54) is 0 Å². The van der Waals surface area contributed by atoms with Crippen LogP contribution in [0, 0.1) is 5.41 Å². The standard InChI is InChI=1S/C23H31N4O2P/c1-14(2)27-23(26-4)30-15(3)11-17-12-20(28-5)21(29-6)13-19(17)22(25)16-7-9-18(24)10-8-16/h7-10,12-13,15,25,30H,11,24H2,1-6H3. The SMILES string of the molecule is CN=C(N=C(C)C)PC(C)Cc1cc(OC)c(OC)cc1C(=N)c1ccc(N)cc1. The highest BCUT2D eigenvalue weighted by Gasteiger charge is 2.18. The molecule has 0 aliphatic carbocycles. The monoisotopic (exact) mass is 426 g/mol. The van der Waals surface area contributed by atoms with E-state index in [1.54, 1.807) is 21.3 Å². The number of aliphatic imine (C=N–C) groups is 2. The van der Waals surface area contributed by atoms with Crippen LogP contribution in [0.15, 0.2) is 46.4 Å². The van der Waals surface area contributed by atoms with Crippen molar-refractivity contribution in [1.82, 2.24) is 0 Å². The number of rotatable bonds is 8. The van der Waals surface area contributed by atoms with Gasteiger partial charge in [-0.15, -0.1) is 0 Å². The third-order valence-corrected chi connectivity index (χ3v) is 5.81. The van der Waals surface area contributed by atoms with Gasteiger partial charge in [-0.3, -0.25) is 10.4 Å². The van der Waals surface area contributed by atoms with Crippen molar-refractivity contribution in [1.29, 1.82) is 5.41 Å². The normalized spacial score (nSPS) is 12.7. The zero-order valence-corrected chi connectivity index (χ0v) is 19.5. The summed E-state index contributed by atoms with van der Waals surface area (Å²) in [7, 11) is 5.47. The maximum absolute atomic E-state index is 8.82. The van der Waals surface area contributed by atoms with E-state index in [9.17, 15) is 0 Å². The Balaban J connectivity index is 2.42. The largest absolute Gasteiger partial charge is 0.493 e. The van der Waals surface area contributed by atoms with Gasteiger partial charge in [-0.25, -0.2) is 4.99 Å². The Hall–Kier alpha value is -2.72.